The number of ether oxygens (including phenoxy) is 1. The van der Waals surface area contributed by atoms with Gasteiger partial charge in [-0.1, -0.05) is 11.6 Å². The van der Waals surface area contributed by atoms with Crippen LogP contribution in [0.15, 0.2) is 18.2 Å². The first-order chi connectivity index (χ1) is 7.16. The molecule has 0 radical (unpaired) electrons. The van der Waals surface area contributed by atoms with E-state index in [4.69, 9.17) is 16.3 Å². The molecule has 82 valence electrons. The Labute approximate surface area is 93.4 Å². The number of benzene rings is 1. The van der Waals surface area contributed by atoms with Crippen molar-refractivity contribution in [3.05, 3.63) is 34.6 Å². The highest BCUT2D eigenvalue weighted by molar-refractivity contribution is 6.30. The molecule has 1 N–H and O–H groups in total. The van der Waals surface area contributed by atoms with E-state index in [1.165, 1.54) is 12.1 Å². The molecule has 1 fully saturated rings. The van der Waals surface area contributed by atoms with E-state index in [2.05, 4.69) is 5.32 Å². The summed E-state index contributed by atoms with van der Waals surface area (Å²) >= 11 is 5.83. The molecule has 0 saturated carbocycles. The van der Waals surface area contributed by atoms with E-state index in [1.54, 1.807) is 13.2 Å². The van der Waals surface area contributed by atoms with E-state index in [9.17, 15) is 4.39 Å². The van der Waals surface area contributed by atoms with Gasteiger partial charge in [0.1, 0.15) is 11.4 Å². The van der Waals surface area contributed by atoms with Gasteiger partial charge in [0.25, 0.3) is 0 Å². The van der Waals surface area contributed by atoms with Crippen LogP contribution in [0.5, 0.6) is 0 Å². The van der Waals surface area contributed by atoms with Crippen molar-refractivity contribution in [2.24, 2.45) is 0 Å². The average Bonchev–Trinajstić information content (AvgIpc) is 2.65. The van der Waals surface area contributed by atoms with Gasteiger partial charge in [-0.15, -0.1) is 0 Å². The van der Waals surface area contributed by atoms with Crippen LogP contribution < -0.4 is 5.32 Å². The van der Waals surface area contributed by atoms with E-state index in [0.29, 0.717) is 11.6 Å². The number of nitrogens with one attached hydrogen (secondary N) is 1. The predicted octanol–water partition coefficient (Wildman–Crippen LogP) is 2.31. The summed E-state index contributed by atoms with van der Waals surface area (Å²) in [5.74, 6) is -0.319. The summed E-state index contributed by atoms with van der Waals surface area (Å²) in [5, 5.41) is 3.62. The maximum atomic E-state index is 13.2. The van der Waals surface area contributed by atoms with Gasteiger partial charge in [-0.05, 0) is 36.7 Å². The van der Waals surface area contributed by atoms with Gasteiger partial charge in [0, 0.05) is 18.7 Å². The first-order valence-electron chi connectivity index (χ1n) is 4.89. The predicted molar refractivity (Wildman–Crippen MR) is 57.6 cm³/mol. The second-order valence-electron chi connectivity index (χ2n) is 3.78. The minimum atomic E-state index is -0.425. The van der Waals surface area contributed by atoms with E-state index in [0.717, 1.165) is 18.5 Å². The van der Waals surface area contributed by atoms with Gasteiger partial charge >= 0.3 is 0 Å². The minimum Gasteiger partial charge on any atom is -0.372 e. The molecule has 1 atom stereocenters. The van der Waals surface area contributed by atoms with Gasteiger partial charge in [0.15, 0.2) is 0 Å². The molecule has 1 aliphatic rings. The molecule has 1 unspecified atom stereocenters. The molecule has 0 aromatic heterocycles. The van der Waals surface area contributed by atoms with Crippen LogP contribution in [0.3, 0.4) is 0 Å². The molecule has 1 aromatic carbocycles. The number of methoxy groups -OCH3 is 1. The van der Waals surface area contributed by atoms with Gasteiger partial charge in [0.05, 0.1) is 0 Å². The molecule has 0 spiro atoms. The fraction of sp³-hybridized carbons (Fsp3) is 0.455. The van der Waals surface area contributed by atoms with E-state index < -0.39 is 5.60 Å². The number of rotatable bonds is 2. The van der Waals surface area contributed by atoms with Gasteiger partial charge in [-0.3, -0.25) is 0 Å². The van der Waals surface area contributed by atoms with Crippen LogP contribution in [0.2, 0.25) is 5.02 Å². The highest BCUT2D eigenvalue weighted by Gasteiger charge is 2.36. The standard InChI is InChI=1S/C11H13ClFNO/c1-15-11(2-3-14-7-11)8-4-9(12)6-10(13)5-8/h4-6,14H,2-3,7H2,1H3. The zero-order valence-corrected chi connectivity index (χ0v) is 9.27. The summed E-state index contributed by atoms with van der Waals surface area (Å²) in [4.78, 5) is 0. The summed E-state index contributed by atoms with van der Waals surface area (Å²) in [6, 6.07) is 4.56. The van der Waals surface area contributed by atoms with E-state index in [-0.39, 0.29) is 5.82 Å². The fourth-order valence-corrected chi connectivity index (χ4v) is 2.25. The largest absolute Gasteiger partial charge is 0.372 e. The Balaban J connectivity index is 2.42. The van der Waals surface area contributed by atoms with Crippen molar-refractivity contribution < 1.29 is 9.13 Å². The fourth-order valence-electron chi connectivity index (χ4n) is 2.02. The Hall–Kier alpha value is -0.640. The maximum absolute atomic E-state index is 13.2. The van der Waals surface area contributed by atoms with Crippen LogP contribution in [-0.2, 0) is 10.3 Å². The second kappa shape index (κ2) is 4.08. The van der Waals surface area contributed by atoms with Gasteiger partial charge in [-0.25, -0.2) is 4.39 Å². The number of hydrogen-bond donors (Lipinski definition) is 1. The minimum absolute atomic E-state index is 0.319. The summed E-state index contributed by atoms with van der Waals surface area (Å²) in [5.41, 5.74) is 0.381. The lowest BCUT2D eigenvalue weighted by atomic mass is 9.92. The zero-order valence-electron chi connectivity index (χ0n) is 8.52. The summed E-state index contributed by atoms with van der Waals surface area (Å²) in [7, 11) is 1.64. The highest BCUT2D eigenvalue weighted by Crippen LogP contribution is 2.33. The first-order valence-corrected chi connectivity index (χ1v) is 5.26. The van der Waals surface area contributed by atoms with Crippen molar-refractivity contribution in [2.75, 3.05) is 20.2 Å². The van der Waals surface area contributed by atoms with E-state index in [1.807, 2.05) is 0 Å². The molecular formula is C11H13ClFNO. The van der Waals surface area contributed by atoms with Crippen LogP contribution in [-0.4, -0.2) is 20.2 Å². The Morgan fingerprint density at radius 2 is 2.27 bits per heavy atom. The molecule has 1 aliphatic heterocycles. The summed E-state index contributed by atoms with van der Waals surface area (Å²) in [6.45, 7) is 1.57. The molecule has 2 rings (SSSR count). The monoisotopic (exact) mass is 229 g/mol. The quantitative estimate of drug-likeness (QED) is 0.841. The number of hydrogen-bond acceptors (Lipinski definition) is 2. The Morgan fingerprint density at radius 3 is 2.80 bits per heavy atom. The SMILES string of the molecule is COC1(c2cc(F)cc(Cl)c2)CCNC1. The Bertz CT molecular complexity index is 343. The molecule has 15 heavy (non-hydrogen) atoms. The molecule has 1 heterocycles. The van der Waals surface area contributed by atoms with Crippen molar-refractivity contribution in [3.63, 3.8) is 0 Å². The lowest BCUT2D eigenvalue weighted by Crippen LogP contribution is -2.31. The van der Waals surface area contributed by atoms with Crippen molar-refractivity contribution >= 4 is 11.6 Å². The van der Waals surface area contributed by atoms with Crippen LogP contribution in [0.4, 0.5) is 4.39 Å². The van der Waals surface area contributed by atoms with Gasteiger partial charge < -0.3 is 10.1 Å². The Kier molecular flexibility index (Phi) is 2.96. The average molecular weight is 230 g/mol. The van der Waals surface area contributed by atoms with Crippen molar-refractivity contribution in [1.82, 2.24) is 5.32 Å². The molecule has 4 heteroatoms. The molecule has 1 saturated heterocycles. The third-order valence-corrected chi connectivity index (χ3v) is 3.11. The topological polar surface area (TPSA) is 21.3 Å². The van der Waals surface area contributed by atoms with Crippen LogP contribution in [0.25, 0.3) is 0 Å². The van der Waals surface area contributed by atoms with Crippen molar-refractivity contribution in [1.29, 1.82) is 0 Å². The van der Waals surface area contributed by atoms with Crippen LogP contribution in [0, 0.1) is 5.82 Å². The molecule has 0 amide bonds. The Morgan fingerprint density at radius 1 is 1.47 bits per heavy atom. The molecule has 0 aliphatic carbocycles. The highest BCUT2D eigenvalue weighted by atomic mass is 35.5. The van der Waals surface area contributed by atoms with Crippen LogP contribution in [0.1, 0.15) is 12.0 Å². The molecule has 0 bridgehead atoms. The smallest absolute Gasteiger partial charge is 0.125 e. The van der Waals surface area contributed by atoms with Gasteiger partial charge in [-0.2, -0.15) is 0 Å². The van der Waals surface area contributed by atoms with Crippen molar-refractivity contribution in [2.45, 2.75) is 12.0 Å². The zero-order chi connectivity index (χ0) is 10.9. The summed E-state index contributed by atoms with van der Waals surface area (Å²) < 4.78 is 18.7. The van der Waals surface area contributed by atoms with Crippen LogP contribution >= 0.6 is 11.6 Å². The maximum Gasteiger partial charge on any atom is 0.125 e. The molecule has 2 nitrogen and oxygen atoms in total. The lowest BCUT2D eigenvalue weighted by molar-refractivity contribution is 0.00302. The lowest BCUT2D eigenvalue weighted by Gasteiger charge is -2.27. The summed E-state index contributed by atoms with van der Waals surface area (Å²) in [6.07, 6.45) is 0.837. The molecule has 1 aromatic rings. The van der Waals surface area contributed by atoms with Crippen molar-refractivity contribution in [3.8, 4) is 0 Å². The molecular weight excluding hydrogens is 217 g/mol. The van der Waals surface area contributed by atoms with Gasteiger partial charge in [0.2, 0.25) is 0 Å². The third kappa shape index (κ3) is 2.00. The first kappa shape index (κ1) is 10.9. The third-order valence-electron chi connectivity index (χ3n) is 2.90. The second-order valence-corrected chi connectivity index (χ2v) is 4.22. The normalized spacial score (nSPS) is 25.8. The van der Waals surface area contributed by atoms with E-state index >= 15 is 0 Å². The number of halogens is 2.